The Bertz CT molecular complexity index is 573. The Morgan fingerprint density at radius 1 is 1.30 bits per heavy atom. The van der Waals surface area contributed by atoms with Gasteiger partial charge < -0.3 is 10.1 Å². The third kappa shape index (κ3) is 3.89. The van der Waals surface area contributed by atoms with Crippen molar-refractivity contribution in [3.63, 3.8) is 0 Å². The van der Waals surface area contributed by atoms with E-state index in [2.05, 4.69) is 41.5 Å². The van der Waals surface area contributed by atoms with Gasteiger partial charge in [0.25, 0.3) is 0 Å². The topological polar surface area (TPSA) is 34.2 Å². The highest BCUT2D eigenvalue weighted by atomic mass is 16.5. The zero-order valence-corrected chi connectivity index (χ0v) is 12.2. The van der Waals surface area contributed by atoms with E-state index in [1.807, 2.05) is 18.5 Å². The normalized spacial score (nSPS) is 12.0. The van der Waals surface area contributed by atoms with Crippen LogP contribution in [-0.4, -0.2) is 31.8 Å². The van der Waals surface area contributed by atoms with Gasteiger partial charge in [0.2, 0.25) is 0 Å². The molecule has 20 heavy (non-hydrogen) atoms. The summed E-state index contributed by atoms with van der Waals surface area (Å²) >= 11 is 0. The lowest BCUT2D eigenvalue weighted by atomic mass is 10.0. The monoisotopic (exact) mass is 270 g/mol. The molecule has 0 fully saturated rings. The Morgan fingerprint density at radius 3 is 2.95 bits per heavy atom. The molecule has 0 aliphatic rings. The third-order valence-corrected chi connectivity index (χ3v) is 3.35. The van der Waals surface area contributed by atoms with Crippen LogP contribution in [0.3, 0.4) is 0 Å². The molecule has 0 unspecified atom stereocenters. The van der Waals surface area contributed by atoms with Crippen molar-refractivity contribution in [1.29, 1.82) is 0 Å². The van der Waals surface area contributed by atoms with Gasteiger partial charge in [0, 0.05) is 43.5 Å². The van der Waals surface area contributed by atoms with E-state index < -0.39 is 0 Å². The number of pyridine rings is 1. The Labute approximate surface area is 120 Å². The molecule has 3 heteroatoms. The van der Waals surface area contributed by atoms with Crippen molar-refractivity contribution in [3.05, 3.63) is 47.8 Å². The Morgan fingerprint density at radius 2 is 2.15 bits per heavy atom. The summed E-state index contributed by atoms with van der Waals surface area (Å²) in [5.41, 5.74) is 2.56. The summed E-state index contributed by atoms with van der Waals surface area (Å²) in [7, 11) is 1.72. The first-order chi connectivity index (χ1) is 9.85. The van der Waals surface area contributed by atoms with E-state index in [9.17, 15) is 0 Å². The summed E-state index contributed by atoms with van der Waals surface area (Å²) in [6.07, 6.45) is 7.13. The summed E-state index contributed by atoms with van der Waals surface area (Å²) in [5.74, 6) is 0. The van der Waals surface area contributed by atoms with Crippen LogP contribution in [0, 0.1) is 0 Å². The highest BCUT2D eigenvalue weighted by Gasteiger charge is 2.00. The van der Waals surface area contributed by atoms with Gasteiger partial charge in [0.05, 0.1) is 6.61 Å². The minimum absolute atomic E-state index is 0.743. The van der Waals surface area contributed by atoms with Gasteiger partial charge in [-0.1, -0.05) is 42.8 Å². The van der Waals surface area contributed by atoms with Gasteiger partial charge in [0.1, 0.15) is 0 Å². The first kappa shape index (κ1) is 14.7. The molecule has 0 bridgehead atoms. The maximum absolute atomic E-state index is 5.04. The number of hydrogen-bond donors (Lipinski definition) is 1. The van der Waals surface area contributed by atoms with Crippen molar-refractivity contribution >= 4 is 16.8 Å². The van der Waals surface area contributed by atoms with Gasteiger partial charge in [0.15, 0.2) is 0 Å². The molecular weight excluding hydrogens is 248 g/mol. The molecule has 0 aliphatic heterocycles. The van der Waals surface area contributed by atoms with Crippen molar-refractivity contribution in [2.24, 2.45) is 0 Å². The second-order valence-electron chi connectivity index (χ2n) is 4.78. The number of rotatable bonds is 7. The number of nitrogens with one attached hydrogen (secondary N) is 1. The van der Waals surface area contributed by atoms with Crippen LogP contribution in [-0.2, 0) is 4.74 Å². The zero-order valence-electron chi connectivity index (χ0n) is 12.2. The van der Waals surface area contributed by atoms with Crippen LogP contribution in [0.2, 0.25) is 0 Å². The molecule has 0 spiro atoms. The van der Waals surface area contributed by atoms with Gasteiger partial charge in [-0.25, -0.2) is 0 Å². The molecule has 1 aromatic heterocycles. The molecule has 0 radical (unpaired) electrons. The number of nitrogens with zero attached hydrogens (tertiary/aromatic N) is 1. The van der Waals surface area contributed by atoms with Crippen LogP contribution >= 0.6 is 0 Å². The fraction of sp³-hybridized carbons (Fsp3) is 0.353. The third-order valence-electron chi connectivity index (χ3n) is 3.35. The molecule has 0 amide bonds. The van der Waals surface area contributed by atoms with E-state index in [4.69, 9.17) is 4.74 Å². The average Bonchev–Trinajstić information content (AvgIpc) is 2.50. The van der Waals surface area contributed by atoms with E-state index in [-0.39, 0.29) is 0 Å². The minimum atomic E-state index is 0.743. The fourth-order valence-electron chi connectivity index (χ4n) is 2.18. The van der Waals surface area contributed by atoms with Crippen LogP contribution in [0.5, 0.6) is 0 Å². The molecule has 3 nitrogen and oxygen atoms in total. The first-order valence-electron chi connectivity index (χ1n) is 7.07. The molecule has 2 rings (SSSR count). The molecule has 106 valence electrons. The Hall–Kier alpha value is -1.71. The number of fused-ring (bicyclic) bond motifs is 1. The lowest BCUT2D eigenvalue weighted by Crippen LogP contribution is -2.21. The molecule has 2 aromatic rings. The Kier molecular flexibility index (Phi) is 5.71. The summed E-state index contributed by atoms with van der Waals surface area (Å²) in [4.78, 5) is 4.32. The number of aromatic nitrogens is 1. The maximum atomic E-state index is 5.04. The minimum Gasteiger partial charge on any atom is -0.383 e. The fourth-order valence-corrected chi connectivity index (χ4v) is 2.18. The first-order valence-corrected chi connectivity index (χ1v) is 7.07. The predicted molar refractivity (Wildman–Crippen MR) is 84.8 cm³/mol. The maximum Gasteiger partial charge on any atom is 0.0587 e. The van der Waals surface area contributed by atoms with Crippen molar-refractivity contribution < 1.29 is 4.74 Å². The summed E-state index contributed by atoms with van der Waals surface area (Å²) in [6.45, 7) is 4.69. The largest absolute Gasteiger partial charge is 0.383 e. The summed E-state index contributed by atoms with van der Waals surface area (Å²) in [6, 6.07) is 8.36. The van der Waals surface area contributed by atoms with Crippen LogP contribution in [0.25, 0.3) is 16.8 Å². The number of hydrogen-bond acceptors (Lipinski definition) is 3. The SMILES string of the molecule is CC/C(=C/c1cncc2ccccc12)CNCCOC. The van der Waals surface area contributed by atoms with Gasteiger partial charge in [-0.05, 0) is 11.8 Å². The van der Waals surface area contributed by atoms with Gasteiger partial charge >= 0.3 is 0 Å². The lowest BCUT2D eigenvalue weighted by Gasteiger charge is -2.08. The van der Waals surface area contributed by atoms with Gasteiger partial charge in [-0.15, -0.1) is 0 Å². The quantitative estimate of drug-likeness (QED) is 0.784. The highest BCUT2D eigenvalue weighted by molar-refractivity contribution is 5.89. The summed E-state index contributed by atoms with van der Waals surface area (Å²) in [5, 5.41) is 5.83. The molecule has 1 aromatic carbocycles. The van der Waals surface area contributed by atoms with Crippen LogP contribution in [0.1, 0.15) is 18.9 Å². The standard InChI is InChI=1S/C17H22N2O/c1-3-14(11-18-8-9-20-2)10-16-13-19-12-15-6-4-5-7-17(15)16/h4-7,10,12-13,18H,3,8-9,11H2,1-2H3/b14-10-. The summed E-state index contributed by atoms with van der Waals surface area (Å²) < 4.78 is 5.04. The van der Waals surface area contributed by atoms with Crippen LogP contribution in [0.15, 0.2) is 42.2 Å². The Balaban J connectivity index is 2.17. The predicted octanol–water partition coefficient (Wildman–Crippen LogP) is 3.26. The molecule has 1 N–H and O–H groups in total. The van der Waals surface area contributed by atoms with E-state index in [0.29, 0.717) is 0 Å². The highest BCUT2D eigenvalue weighted by Crippen LogP contribution is 2.20. The van der Waals surface area contributed by atoms with Crippen LogP contribution < -0.4 is 5.32 Å². The van der Waals surface area contributed by atoms with Crippen LogP contribution in [0.4, 0.5) is 0 Å². The smallest absolute Gasteiger partial charge is 0.0587 e. The average molecular weight is 270 g/mol. The number of benzene rings is 1. The van der Waals surface area contributed by atoms with E-state index in [0.717, 1.165) is 26.1 Å². The molecular formula is C17H22N2O. The molecule has 0 atom stereocenters. The second-order valence-corrected chi connectivity index (χ2v) is 4.78. The van der Waals surface area contributed by atoms with Gasteiger partial charge in [-0.3, -0.25) is 4.98 Å². The number of ether oxygens (including phenoxy) is 1. The van der Waals surface area contributed by atoms with Crippen molar-refractivity contribution in [2.45, 2.75) is 13.3 Å². The number of methoxy groups -OCH3 is 1. The van der Waals surface area contributed by atoms with Crippen molar-refractivity contribution in [1.82, 2.24) is 10.3 Å². The molecule has 0 aliphatic carbocycles. The zero-order chi connectivity index (χ0) is 14.2. The molecule has 0 saturated heterocycles. The van der Waals surface area contributed by atoms with E-state index in [1.165, 1.54) is 21.9 Å². The lowest BCUT2D eigenvalue weighted by molar-refractivity contribution is 0.200. The van der Waals surface area contributed by atoms with Crippen molar-refractivity contribution in [2.75, 3.05) is 26.8 Å². The molecule has 0 saturated carbocycles. The second kappa shape index (κ2) is 7.78. The van der Waals surface area contributed by atoms with Crippen molar-refractivity contribution in [3.8, 4) is 0 Å². The van der Waals surface area contributed by atoms with E-state index >= 15 is 0 Å². The molecule has 1 heterocycles. The van der Waals surface area contributed by atoms with Gasteiger partial charge in [-0.2, -0.15) is 0 Å². The van der Waals surface area contributed by atoms with E-state index in [1.54, 1.807) is 7.11 Å².